The lowest BCUT2D eigenvalue weighted by atomic mass is 10.3. The number of aromatic nitrogens is 1. The van der Waals surface area contributed by atoms with Gasteiger partial charge < -0.3 is 15.4 Å². The molecule has 2 N–H and O–H groups in total. The number of aliphatic imine (C=N–C) groups is 1. The Hall–Kier alpha value is -2.63. The van der Waals surface area contributed by atoms with Gasteiger partial charge in [-0.05, 0) is 36.8 Å². The fourth-order valence-electron chi connectivity index (χ4n) is 2.04. The van der Waals surface area contributed by atoms with Gasteiger partial charge in [-0.1, -0.05) is 6.07 Å². The molecule has 1 aliphatic heterocycles. The van der Waals surface area contributed by atoms with Gasteiger partial charge in [-0.25, -0.2) is 9.37 Å². The molecule has 0 saturated carbocycles. The Kier molecular flexibility index (Phi) is 4.18. The van der Waals surface area contributed by atoms with E-state index in [-0.39, 0.29) is 5.82 Å². The van der Waals surface area contributed by atoms with Crippen LogP contribution in [0.3, 0.4) is 0 Å². The zero-order valence-corrected chi connectivity index (χ0v) is 12.2. The number of ether oxygens (including phenoxy) is 1. The molecule has 22 heavy (non-hydrogen) atoms. The third kappa shape index (κ3) is 3.72. The van der Waals surface area contributed by atoms with E-state index >= 15 is 0 Å². The van der Waals surface area contributed by atoms with Crippen molar-refractivity contribution in [1.29, 1.82) is 0 Å². The highest BCUT2D eigenvalue weighted by molar-refractivity contribution is 5.81. The summed E-state index contributed by atoms with van der Waals surface area (Å²) in [6.07, 6.45) is 1.74. The van der Waals surface area contributed by atoms with Gasteiger partial charge in [0.25, 0.3) is 0 Å². The summed E-state index contributed by atoms with van der Waals surface area (Å²) < 4.78 is 18.4. The maximum Gasteiger partial charge on any atom is 0.219 e. The first-order chi connectivity index (χ1) is 10.7. The van der Waals surface area contributed by atoms with Crippen LogP contribution in [0.2, 0.25) is 0 Å². The van der Waals surface area contributed by atoms with E-state index in [2.05, 4.69) is 27.5 Å². The summed E-state index contributed by atoms with van der Waals surface area (Å²) in [6, 6.07) is 9.93. The van der Waals surface area contributed by atoms with E-state index in [1.165, 1.54) is 12.1 Å². The molecule has 0 bridgehead atoms. The third-order valence-corrected chi connectivity index (χ3v) is 3.20. The summed E-state index contributed by atoms with van der Waals surface area (Å²) in [5.74, 6) is 1.55. The summed E-state index contributed by atoms with van der Waals surface area (Å²) >= 11 is 0. The molecule has 1 aromatic heterocycles. The minimum absolute atomic E-state index is 0.292. The Morgan fingerprint density at radius 2 is 2.09 bits per heavy atom. The smallest absolute Gasteiger partial charge is 0.219 e. The second-order valence-corrected chi connectivity index (χ2v) is 5.15. The van der Waals surface area contributed by atoms with E-state index in [1.54, 1.807) is 24.4 Å². The quantitative estimate of drug-likeness (QED) is 0.910. The van der Waals surface area contributed by atoms with Crippen LogP contribution in [0, 0.1) is 5.82 Å². The highest BCUT2D eigenvalue weighted by atomic mass is 19.1. The Morgan fingerprint density at radius 1 is 1.27 bits per heavy atom. The predicted molar refractivity (Wildman–Crippen MR) is 82.5 cm³/mol. The topological polar surface area (TPSA) is 58.5 Å². The van der Waals surface area contributed by atoms with Gasteiger partial charge in [-0.2, -0.15) is 0 Å². The zero-order valence-electron chi connectivity index (χ0n) is 12.2. The van der Waals surface area contributed by atoms with E-state index in [1.807, 2.05) is 6.07 Å². The van der Waals surface area contributed by atoms with E-state index in [4.69, 9.17) is 4.74 Å². The molecular weight excluding hydrogens is 283 g/mol. The molecule has 0 spiro atoms. The van der Waals surface area contributed by atoms with Crippen molar-refractivity contribution in [3.05, 3.63) is 54.0 Å². The molecule has 0 fully saturated rings. The first-order valence-corrected chi connectivity index (χ1v) is 7.12. The fraction of sp³-hybridized carbons (Fsp3) is 0.250. The normalized spacial score (nSPS) is 16.8. The molecule has 2 heterocycles. The third-order valence-electron chi connectivity index (χ3n) is 3.20. The standard InChI is InChI=1S/C16H17FN4O/c1-11-8-19-16(21-11)20-10-12-2-7-15(18-9-12)22-14-5-3-13(17)4-6-14/h2-7,9,11H,8,10H2,1H3,(H2,19,20,21). The number of guanidine groups is 1. The Balaban J connectivity index is 1.55. The summed E-state index contributed by atoms with van der Waals surface area (Å²) in [6.45, 7) is 3.52. The lowest BCUT2D eigenvalue weighted by Gasteiger charge is -2.09. The molecule has 1 aliphatic rings. The van der Waals surface area contributed by atoms with Gasteiger partial charge in [-0.15, -0.1) is 0 Å². The van der Waals surface area contributed by atoms with Gasteiger partial charge in [-0.3, -0.25) is 4.99 Å². The average molecular weight is 300 g/mol. The molecule has 3 rings (SSSR count). The van der Waals surface area contributed by atoms with Gasteiger partial charge in [0, 0.05) is 24.8 Å². The minimum Gasteiger partial charge on any atom is -0.439 e. The molecule has 0 aliphatic carbocycles. The van der Waals surface area contributed by atoms with E-state index in [9.17, 15) is 4.39 Å². The summed E-state index contributed by atoms with van der Waals surface area (Å²) in [5, 5.41) is 6.46. The van der Waals surface area contributed by atoms with E-state index in [0.29, 0.717) is 24.2 Å². The van der Waals surface area contributed by atoms with Crippen molar-refractivity contribution in [2.75, 3.05) is 6.54 Å². The lowest BCUT2D eigenvalue weighted by molar-refractivity contribution is 0.461. The van der Waals surface area contributed by atoms with Gasteiger partial charge in [0.1, 0.15) is 11.6 Å². The van der Waals surface area contributed by atoms with Gasteiger partial charge in [0.2, 0.25) is 5.88 Å². The van der Waals surface area contributed by atoms with E-state index < -0.39 is 0 Å². The maximum absolute atomic E-state index is 12.8. The molecule has 0 radical (unpaired) electrons. The maximum atomic E-state index is 12.8. The molecule has 114 valence electrons. The molecule has 0 saturated heterocycles. The number of hydrogen-bond donors (Lipinski definition) is 2. The largest absolute Gasteiger partial charge is 0.439 e. The van der Waals surface area contributed by atoms with Crippen LogP contribution in [0.4, 0.5) is 4.39 Å². The summed E-state index contributed by atoms with van der Waals surface area (Å²) in [4.78, 5) is 8.57. The Morgan fingerprint density at radius 3 is 2.73 bits per heavy atom. The molecule has 5 nitrogen and oxygen atoms in total. The first-order valence-electron chi connectivity index (χ1n) is 7.12. The van der Waals surface area contributed by atoms with Crippen LogP contribution in [0.5, 0.6) is 11.6 Å². The van der Waals surface area contributed by atoms with Crippen LogP contribution in [-0.2, 0) is 6.54 Å². The summed E-state index contributed by atoms with van der Waals surface area (Å²) in [7, 11) is 0. The van der Waals surface area contributed by atoms with Crippen LogP contribution < -0.4 is 15.4 Å². The molecule has 6 heteroatoms. The number of benzene rings is 1. The molecule has 0 amide bonds. The van der Waals surface area contributed by atoms with Gasteiger partial charge in [0.05, 0.1) is 6.54 Å². The van der Waals surface area contributed by atoms with Crippen LogP contribution in [0.25, 0.3) is 0 Å². The SMILES string of the molecule is CC1CN=C(NCc2ccc(Oc3ccc(F)cc3)nc2)N1. The van der Waals surface area contributed by atoms with Crippen molar-refractivity contribution in [2.45, 2.75) is 19.5 Å². The number of halogens is 1. The van der Waals surface area contributed by atoms with Gasteiger partial charge in [0.15, 0.2) is 5.96 Å². The van der Waals surface area contributed by atoms with Crippen molar-refractivity contribution >= 4 is 5.96 Å². The molecule has 1 unspecified atom stereocenters. The fourth-order valence-corrected chi connectivity index (χ4v) is 2.04. The minimum atomic E-state index is -0.292. The first kappa shape index (κ1) is 14.3. The van der Waals surface area contributed by atoms with Crippen molar-refractivity contribution in [1.82, 2.24) is 15.6 Å². The Bertz CT molecular complexity index is 655. The second kappa shape index (κ2) is 6.43. The average Bonchev–Trinajstić information content (AvgIpc) is 2.94. The molecule has 1 aromatic carbocycles. The van der Waals surface area contributed by atoms with Crippen LogP contribution in [0.15, 0.2) is 47.6 Å². The van der Waals surface area contributed by atoms with Crippen LogP contribution >= 0.6 is 0 Å². The van der Waals surface area contributed by atoms with Crippen LogP contribution in [-0.4, -0.2) is 23.5 Å². The highest BCUT2D eigenvalue weighted by Crippen LogP contribution is 2.19. The van der Waals surface area contributed by atoms with Crippen LogP contribution in [0.1, 0.15) is 12.5 Å². The van der Waals surface area contributed by atoms with Crippen molar-refractivity contribution in [2.24, 2.45) is 4.99 Å². The van der Waals surface area contributed by atoms with Crippen molar-refractivity contribution < 1.29 is 9.13 Å². The number of pyridine rings is 1. The monoisotopic (exact) mass is 300 g/mol. The van der Waals surface area contributed by atoms with Crippen molar-refractivity contribution in [3.8, 4) is 11.6 Å². The molecular formula is C16H17FN4O. The number of nitrogens with zero attached hydrogens (tertiary/aromatic N) is 2. The predicted octanol–water partition coefficient (Wildman–Crippen LogP) is 2.45. The lowest BCUT2D eigenvalue weighted by Crippen LogP contribution is -2.37. The zero-order chi connectivity index (χ0) is 15.4. The van der Waals surface area contributed by atoms with Gasteiger partial charge >= 0.3 is 0 Å². The number of hydrogen-bond acceptors (Lipinski definition) is 5. The molecule has 1 atom stereocenters. The highest BCUT2D eigenvalue weighted by Gasteiger charge is 2.11. The summed E-state index contributed by atoms with van der Waals surface area (Å²) in [5.41, 5.74) is 1.02. The number of rotatable bonds is 4. The number of nitrogens with one attached hydrogen (secondary N) is 2. The Labute approximate surface area is 128 Å². The van der Waals surface area contributed by atoms with E-state index in [0.717, 1.165) is 18.1 Å². The molecule has 2 aromatic rings. The van der Waals surface area contributed by atoms with Crippen molar-refractivity contribution in [3.63, 3.8) is 0 Å². The second-order valence-electron chi connectivity index (χ2n) is 5.15.